The summed E-state index contributed by atoms with van der Waals surface area (Å²) in [5.41, 5.74) is -0.197. The highest BCUT2D eigenvalue weighted by Crippen LogP contribution is 2.32. The van der Waals surface area contributed by atoms with Crippen LogP contribution in [0.3, 0.4) is 0 Å². The molecule has 4 heterocycles. The molecule has 2 aliphatic heterocycles. The van der Waals surface area contributed by atoms with Gasteiger partial charge in [-0.2, -0.15) is 14.3 Å². The SMILES string of the molecule is CS(=O)(=NC(=O)c1cc(F)c(COc2nc3[nH]c(O[C@@H]4CO[C@H]5[C@@H]4OC[C@H]5O)nc3cc2Cl)c(F)c1)C1CC1. The number of H-pyrrole nitrogens is 1. The molecule has 1 aromatic carbocycles. The van der Waals surface area contributed by atoms with Crippen LogP contribution in [0.4, 0.5) is 8.78 Å². The highest BCUT2D eigenvalue weighted by atomic mass is 35.5. The third kappa shape index (κ3) is 5.18. The Balaban J connectivity index is 1.16. The van der Waals surface area contributed by atoms with Crippen molar-refractivity contribution in [3.63, 3.8) is 0 Å². The van der Waals surface area contributed by atoms with Crippen molar-refractivity contribution in [2.24, 2.45) is 4.36 Å². The summed E-state index contributed by atoms with van der Waals surface area (Å²) in [6, 6.07) is 3.23. The van der Waals surface area contributed by atoms with E-state index in [1.165, 1.54) is 12.3 Å². The standard InChI is InChI=1S/C24H23ClF2N4O7S/c1-39(34,11-2-3-11)31-22(33)10-4-14(26)12(15(27)5-10)7-37-23-13(25)6-16-21(29-23)30-24(28-16)38-18-9-36-19-17(32)8-35-20(18)19/h4-6,11,17-20,32H,2-3,7-9H2,1H3,(H,28,29,30)/t17-,18-,19-,20-,39?/m1/s1. The van der Waals surface area contributed by atoms with E-state index in [1.54, 1.807) is 0 Å². The normalized spacial score (nSPS) is 25.9. The Morgan fingerprint density at radius 2 is 1.92 bits per heavy atom. The highest BCUT2D eigenvalue weighted by molar-refractivity contribution is 7.94. The minimum absolute atomic E-state index is 0.0382. The van der Waals surface area contributed by atoms with Gasteiger partial charge in [0, 0.05) is 17.1 Å². The predicted molar refractivity (Wildman–Crippen MR) is 133 cm³/mol. The van der Waals surface area contributed by atoms with Gasteiger partial charge in [0.25, 0.3) is 11.9 Å². The minimum atomic E-state index is -2.76. The van der Waals surface area contributed by atoms with Crippen molar-refractivity contribution >= 4 is 38.4 Å². The predicted octanol–water partition coefficient (Wildman–Crippen LogP) is 2.77. The number of aromatic nitrogens is 3. The van der Waals surface area contributed by atoms with Gasteiger partial charge in [-0.3, -0.25) is 9.78 Å². The van der Waals surface area contributed by atoms with Crippen LogP contribution in [0, 0.1) is 11.6 Å². The Kier molecular flexibility index (Phi) is 6.70. The van der Waals surface area contributed by atoms with Gasteiger partial charge >= 0.3 is 0 Å². The second-order valence-electron chi connectivity index (χ2n) is 9.67. The number of nitrogens with zero attached hydrogens (tertiary/aromatic N) is 3. The van der Waals surface area contributed by atoms with Gasteiger partial charge in [-0.05, 0) is 31.0 Å². The number of ether oxygens (including phenoxy) is 4. The lowest BCUT2D eigenvalue weighted by atomic mass is 10.1. The Morgan fingerprint density at radius 3 is 2.64 bits per heavy atom. The molecule has 0 spiro atoms. The van der Waals surface area contributed by atoms with Crippen LogP contribution in [0.15, 0.2) is 22.6 Å². The van der Waals surface area contributed by atoms with Gasteiger partial charge in [-0.25, -0.2) is 13.0 Å². The van der Waals surface area contributed by atoms with Gasteiger partial charge in [-0.15, -0.1) is 0 Å². The molecule has 0 radical (unpaired) electrons. The fraction of sp³-hybridized carbons (Fsp3) is 0.458. The number of rotatable bonds is 7. The van der Waals surface area contributed by atoms with Crippen molar-refractivity contribution in [2.75, 3.05) is 19.5 Å². The Labute approximate surface area is 226 Å². The molecule has 208 valence electrons. The molecule has 3 fully saturated rings. The molecule has 1 saturated carbocycles. The zero-order valence-electron chi connectivity index (χ0n) is 20.4. The topological polar surface area (TPSA) is 145 Å². The monoisotopic (exact) mass is 584 g/mol. The van der Waals surface area contributed by atoms with Crippen molar-refractivity contribution in [2.45, 2.75) is 49.1 Å². The Bertz CT molecular complexity index is 1570. The number of halogens is 3. The van der Waals surface area contributed by atoms with E-state index in [9.17, 15) is 22.9 Å². The maximum Gasteiger partial charge on any atom is 0.296 e. The quantitative estimate of drug-likeness (QED) is 0.428. The van der Waals surface area contributed by atoms with Crippen molar-refractivity contribution in [1.29, 1.82) is 0 Å². The molecule has 11 nitrogen and oxygen atoms in total. The molecule has 1 amide bonds. The molecular weight excluding hydrogens is 562 g/mol. The number of aliphatic hydroxyl groups is 1. The first kappa shape index (κ1) is 26.3. The van der Waals surface area contributed by atoms with Crippen LogP contribution in [0.1, 0.15) is 28.8 Å². The average molecular weight is 585 g/mol. The van der Waals surface area contributed by atoms with Crippen molar-refractivity contribution < 1.29 is 41.8 Å². The fourth-order valence-electron chi connectivity index (χ4n) is 4.53. The molecule has 0 bridgehead atoms. The summed E-state index contributed by atoms with van der Waals surface area (Å²) in [4.78, 5) is 23.7. The molecule has 15 heteroatoms. The van der Waals surface area contributed by atoms with E-state index in [4.69, 9.17) is 30.5 Å². The number of imidazole rings is 1. The summed E-state index contributed by atoms with van der Waals surface area (Å²) in [5.74, 6) is -3.13. The Hall–Kier alpha value is -2.91. The molecule has 2 aromatic heterocycles. The lowest BCUT2D eigenvalue weighted by molar-refractivity contribution is 0.00706. The van der Waals surface area contributed by atoms with Gasteiger partial charge in [0.15, 0.2) is 11.8 Å². The van der Waals surface area contributed by atoms with Crippen molar-refractivity contribution in [1.82, 2.24) is 15.0 Å². The number of pyridine rings is 1. The molecule has 5 atom stereocenters. The zero-order chi connectivity index (χ0) is 27.5. The summed E-state index contributed by atoms with van der Waals surface area (Å²) in [5, 5.41) is 9.75. The van der Waals surface area contributed by atoms with Crippen LogP contribution in [-0.4, -0.2) is 79.3 Å². The van der Waals surface area contributed by atoms with Crippen LogP contribution in [0.25, 0.3) is 11.2 Å². The number of fused-ring (bicyclic) bond motifs is 2. The van der Waals surface area contributed by atoms with Gasteiger partial charge in [0.2, 0.25) is 5.88 Å². The second kappa shape index (κ2) is 9.93. The van der Waals surface area contributed by atoms with Gasteiger partial charge in [0.1, 0.15) is 47.1 Å². The van der Waals surface area contributed by atoms with Gasteiger partial charge < -0.3 is 24.1 Å². The first-order chi connectivity index (χ1) is 18.6. The number of nitrogens with one attached hydrogen (secondary N) is 1. The molecule has 3 aromatic rings. The molecule has 2 saturated heterocycles. The second-order valence-corrected chi connectivity index (χ2v) is 12.6. The number of hydrogen-bond donors (Lipinski definition) is 2. The van der Waals surface area contributed by atoms with Crippen LogP contribution in [-0.2, 0) is 25.8 Å². The summed E-state index contributed by atoms with van der Waals surface area (Å²) in [6.45, 7) is -0.211. The highest BCUT2D eigenvalue weighted by Gasteiger charge is 2.48. The summed E-state index contributed by atoms with van der Waals surface area (Å²) in [7, 11) is -2.76. The Morgan fingerprint density at radius 1 is 1.21 bits per heavy atom. The first-order valence-corrected chi connectivity index (χ1v) is 14.5. The van der Waals surface area contributed by atoms with E-state index < -0.39 is 63.9 Å². The van der Waals surface area contributed by atoms with Crippen LogP contribution in [0.5, 0.6) is 11.9 Å². The third-order valence-corrected chi connectivity index (χ3v) is 9.27. The van der Waals surface area contributed by atoms with Crippen molar-refractivity contribution in [3.05, 3.63) is 46.0 Å². The van der Waals surface area contributed by atoms with E-state index in [0.29, 0.717) is 18.4 Å². The van der Waals surface area contributed by atoms with Crippen LogP contribution < -0.4 is 9.47 Å². The minimum Gasteiger partial charge on any atom is -0.471 e. The van der Waals surface area contributed by atoms with Crippen LogP contribution in [0.2, 0.25) is 5.02 Å². The molecule has 1 unspecified atom stereocenters. The van der Waals surface area contributed by atoms with E-state index in [2.05, 4.69) is 19.3 Å². The molecule has 1 aliphatic carbocycles. The number of amides is 1. The molecule has 2 N–H and O–H groups in total. The largest absolute Gasteiger partial charge is 0.471 e. The average Bonchev–Trinajstić information content (AvgIpc) is 3.44. The summed E-state index contributed by atoms with van der Waals surface area (Å²) >= 11 is 6.25. The smallest absolute Gasteiger partial charge is 0.296 e. The maximum atomic E-state index is 14.7. The molecule has 3 aliphatic rings. The third-order valence-electron chi connectivity index (χ3n) is 6.76. The number of aliphatic hydroxyl groups excluding tert-OH is 1. The fourth-order valence-corrected chi connectivity index (χ4v) is 6.32. The first-order valence-electron chi connectivity index (χ1n) is 12.1. The molecule has 6 rings (SSSR count). The zero-order valence-corrected chi connectivity index (χ0v) is 22.0. The lowest BCUT2D eigenvalue weighted by Gasteiger charge is -2.15. The van der Waals surface area contributed by atoms with E-state index in [1.807, 2.05) is 0 Å². The van der Waals surface area contributed by atoms with Gasteiger partial charge in [0.05, 0.1) is 28.5 Å². The molecular formula is C24H23ClF2N4O7S. The molecule has 39 heavy (non-hydrogen) atoms. The van der Waals surface area contributed by atoms with Crippen LogP contribution >= 0.6 is 11.6 Å². The van der Waals surface area contributed by atoms with Gasteiger partial charge in [-0.1, -0.05) is 11.6 Å². The summed E-state index contributed by atoms with van der Waals surface area (Å²) < 4.78 is 68.0. The lowest BCUT2D eigenvalue weighted by Crippen LogP contribution is -2.34. The maximum absolute atomic E-state index is 14.7. The number of benzene rings is 1. The number of aromatic amines is 1. The van der Waals surface area contributed by atoms with E-state index in [-0.39, 0.29) is 46.6 Å². The number of carbonyl (C=O) groups excluding carboxylic acids is 1. The summed E-state index contributed by atoms with van der Waals surface area (Å²) in [6.07, 6.45) is 0.659. The van der Waals surface area contributed by atoms with Crippen molar-refractivity contribution in [3.8, 4) is 11.9 Å². The van der Waals surface area contributed by atoms with E-state index in [0.717, 1.165) is 12.1 Å². The number of carbonyl (C=O) groups is 1. The van der Waals surface area contributed by atoms with E-state index >= 15 is 0 Å². The number of hydrogen-bond acceptors (Lipinski definition) is 9.